The maximum absolute atomic E-state index is 10.2. The Morgan fingerprint density at radius 2 is 2.17 bits per heavy atom. The molecular weight excluding hydrogens is 244 g/mol. The Kier molecular flexibility index (Phi) is 3.97. The molecule has 1 aliphatic rings. The van der Waals surface area contributed by atoms with Gasteiger partial charge in [0.1, 0.15) is 0 Å². The largest absolute Gasteiger partial charge is 0.387 e. The minimum atomic E-state index is -0.324. The Morgan fingerprint density at radius 3 is 2.78 bits per heavy atom. The van der Waals surface area contributed by atoms with Crippen LogP contribution in [0.15, 0.2) is 0 Å². The van der Waals surface area contributed by atoms with Crippen LogP contribution in [0.1, 0.15) is 57.2 Å². The molecule has 4 heteroatoms. The van der Waals surface area contributed by atoms with Crippen LogP contribution in [0.3, 0.4) is 0 Å². The topological polar surface area (TPSA) is 36.4 Å². The summed E-state index contributed by atoms with van der Waals surface area (Å²) in [6.45, 7) is 10.8. The summed E-state index contributed by atoms with van der Waals surface area (Å²) in [7, 11) is 0. The first-order valence-electron chi connectivity index (χ1n) is 6.89. The van der Waals surface area contributed by atoms with Crippen molar-refractivity contribution in [3.63, 3.8) is 0 Å². The van der Waals surface area contributed by atoms with Crippen molar-refractivity contribution < 1.29 is 5.11 Å². The second-order valence-electron chi connectivity index (χ2n) is 5.95. The molecule has 1 aromatic heterocycles. The van der Waals surface area contributed by atoms with Gasteiger partial charge in [0.25, 0.3) is 0 Å². The van der Waals surface area contributed by atoms with E-state index in [2.05, 4.69) is 32.6 Å². The van der Waals surface area contributed by atoms with Crippen LogP contribution in [0, 0.1) is 5.41 Å². The summed E-state index contributed by atoms with van der Waals surface area (Å²) < 4.78 is 0. The van der Waals surface area contributed by atoms with Crippen molar-refractivity contribution >= 4 is 16.5 Å². The number of thiazole rings is 1. The van der Waals surface area contributed by atoms with Crippen molar-refractivity contribution in [1.29, 1.82) is 0 Å². The van der Waals surface area contributed by atoms with Crippen LogP contribution in [-0.4, -0.2) is 23.2 Å². The van der Waals surface area contributed by atoms with E-state index in [0.29, 0.717) is 0 Å². The van der Waals surface area contributed by atoms with Gasteiger partial charge >= 0.3 is 0 Å². The number of aliphatic hydroxyl groups excluding tert-OH is 1. The fourth-order valence-corrected chi connectivity index (χ4v) is 3.83. The number of aromatic nitrogens is 1. The van der Waals surface area contributed by atoms with Gasteiger partial charge < -0.3 is 10.0 Å². The molecule has 18 heavy (non-hydrogen) atoms. The van der Waals surface area contributed by atoms with Crippen molar-refractivity contribution in [2.45, 2.75) is 53.1 Å². The number of aliphatic hydroxyl groups is 1. The SMILES string of the molecule is CCCN(CC)c1nc2c(s1)C(O)CC(C)(C)C2. The van der Waals surface area contributed by atoms with Gasteiger partial charge in [-0.25, -0.2) is 4.98 Å². The Balaban J connectivity index is 2.28. The molecule has 0 bridgehead atoms. The average molecular weight is 268 g/mol. The highest BCUT2D eigenvalue weighted by Crippen LogP contribution is 2.44. The summed E-state index contributed by atoms with van der Waals surface area (Å²) >= 11 is 1.68. The third kappa shape index (κ3) is 2.69. The lowest BCUT2D eigenvalue weighted by Crippen LogP contribution is -2.25. The van der Waals surface area contributed by atoms with E-state index in [1.165, 1.54) is 0 Å². The molecule has 0 aromatic carbocycles. The van der Waals surface area contributed by atoms with Gasteiger partial charge in [-0.05, 0) is 31.6 Å². The van der Waals surface area contributed by atoms with Gasteiger partial charge in [-0.1, -0.05) is 32.1 Å². The molecule has 2 rings (SSSR count). The van der Waals surface area contributed by atoms with Crippen molar-refractivity contribution in [1.82, 2.24) is 4.98 Å². The minimum Gasteiger partial charge on any atom is -0.387 e. The zero-order valence-corrected chi connectivity index (χ0v) is 12.7. The summed E-state index contributed by atoms with van der Waals surface area (Å²) in [5.74, 6) is 0. The number of fused-ring (bicyclic) bond motifs is 1. The van der Waals surface area contributed by atoms with Gasteiger partial charge in [0.05, 0.1) is 16.7 Å². The van der Waals surface area contributed by atoms with Crippen molar-refractivity contribution in [3.05, 3.63) is 10.6 Å². The first-order chi connectivity index (χ1) is 8.46. The summed E-state index contributed by atoms with van der Waals surface area (Å²) in [4.78, 5) is 8.18. The highest BCUT2D eigenvalue weighted by atomic mass is 32.1. The summed E-state index contributed by atoms with van der Waals surface area (Å²) in [5.41, 5.74) is 1.29. The smallest absolute Gasteiger partial charge is 0.185 e. The summed E-state index contributed by atoms with van der Waals surface area (Å²) in [6, 6.07) is 0. The summed E-state index contributed by atoms with van der Waals surface area (Å²) in [6.07, 6.45) is 2.64. The maximum Gasteiger partial charge on any atom is 0.185 e. The molecule has 1 aliphatic carbocycles. The van der Waals surface area contributed by atoms with E-state index in [9.17, 15) is 5.11 Å². The molecule has 1 unspecified atom stereocenters. The molecule has 0 spiro atoms. The van der Waals surface area contributed by atoms with Crippen molar-refractivity contribution in [2.75, 3.05) is 18.0 Å². The van der Waals surface area contributed by atoms with Crippen LogP contribution >= 0.6 is 11.3 Å². The minimum absolute atomic E-state index is 0.166. The van der Waals surface area contributed by atoms with Crippen molar-refractivity contribution in [3.8, 4) is 0 Å². The highest BCUT2D eigenvalue weighted by Gasteiger charge is 2.34. The first kappa shape index (κ1) is 13.8. The first-order valence-corrected chi connectivity index (χ1v) is 7.71. The molecule has 0 aliphatic heterocycles. The average Bonchev–Trinajstić information content (AvgIpc) is 2.67. The highest BCUT2D eigenvalue weighted by molar-refractivity contribution is 7.15. The zero-order chi connectivity index (χ0) is 13.3. The van der Waals surface area contributed by atoms with Crippen LogP contribution in [0.25, 0.3) is 0 Å². The fourth-order valence-electron chi connectivity index (χ4n) is 2.67. The van der Waals surface area contributed by atoms with E-state index in [0.717, 1.165) is 48.1 Å². The molecule has 1 heterocycles. The van der Waals surface area contributed by atoms with Gasteiger partial charge in [0.2, 0.25) is 0 Å². The molecule has 0 fully saturated rings. The Labute approximate surface area is 114 Å². The van der Waals surface area contributed by atoms with Gasteiger partial charge in [-0.2, -0.15) is 0 Å². The van der Waals surface area contributed by atoms with E-state index < -0.39 is 0 Å². The Bertz CT molecular complexity index is 414. The number of hydrogen-bond acceptors (Lipinski definition) is 4. The molecule has 3 nitrogen and oxygen atoms in total. The lowest BCUT2D eigenvalue weighted by Gasteiger charge is -2.31. The molecule has 1 N–H and O–H groups in total. The molecule has 0 saturated carbocycles. The number of rotatable bonds is 4. The monoisotopic (exact) mass is 268 g/mol. The van der Waals surface area contributed by atoms with E-state index >= 15 is 0 Å². The molecule has 1 atom stereocenters. The number of hydrogen-bond donors (Lipinski definition) is 1. The molecular formula is C14H24N2OS. The Hall–Kier alpha value is -0.610. The van der Waals surface area contributed by atoms with Gasteiger partial charge in [0.15, 0.2) is 5.13 Å². The third-order valence-electron chi connectivity index (χ3n) is 3.56. The second kappa shape index (κ2) is 5.17. The third-order valence-corrected chi connectivity index (χ3v) is 4.82. The fraction of sp³-hybridized carbons (Fsp3) is 0.786. The quantitative estimate of drug-likeness (QED) is 0.909. The number of nitrogens with zero attached hydrogens (tertiary/aromatic N) is 2. The number of anilines is 1. The predicted octanol–water partition coefficient (Wildman–Crippen LogP) is 3.39. The Morgan fingerprint density at radius 1 is 1.44 bits per heavy atom. The molecule has 0 radical (unpaired) electrons. The van der Waals surface area contributed by atoms with E-state index in [1.807, 2.05) is 0 Å². The lowest BCUT2D eigenvalue weighted by atomic mass is 9.77. The van der Waals surface area contributed by atoms with Gasteiger partial charge in [0, 0.05) is 13.1 Å². The molecule has 1 aromatic rings. The normalized spacial score (nSPS) is 21.7. The second-order valence-corrected chi connectivity index (χ2v) is 6.96. The molecule has 0 amide bonds. The van der Waals surface area contributed by atoms with Crippen molar-refractivity contribution in [2.24, 2.45) is 5.41 Å². The zero-order valence-electron chi connectivity index (χ0n) is 11.9. The van der Waals surface area contributed by atoms with Crippen LogP contribution in [0.2, 0.25) is 0 Å². The van der Waals surface area contributed by atoms with Crippen LogP contribution in [0.5, 0.6) is 0 Å². The van der Waals surface area contributed by atoms with E-state index in [1.54, 1.807) is 11.3 Å². The van der Waals surface area contributed by atoms with E-state index in [-0.39, 0.29) is 11.5 Å². The van der Waals surface area contributed by atoms with E-state index in [4.69, 9.17) is 4.98 Å². The van der Waals surface area contributed by atoms with Crippen LogP contribution < -0.4 is 4.90 Å². The molecule has 102 valence electrons. The van der Waals surface area contributed by atoms with Gasteiger partial charge in [-0.3, -0.25) is 0 Å². The standard InChI is InChI=1S/C14H24N2OS/c1-5-7-16(6-2)13-15-10-8-14(3,4)9-11(17)12(10)18-13/h11,17H,5-9H2,1-4H3. The predicted molar refractivity (Wildman–Crippen MR) is 77.4 cm³/mol. The summed E-state index contributed by atoms with van der Waals surface area (Å²) in [5, 5.41) is 11.3. The van der Waals surface area contributed by atoms with Crippen LogP contribution in [0.4, 0.5) is 5.13 Å². The van der Waals surface area contributed by atoms with Crippen LogP contribution in [-0.2, 0) is 6.42 Å². The molecule has 0 saturated heterocycles. The lowest BCUT2D eigenvalue weighted by molar-refractivity contribution is 0.102. The maximum atomic E-state index is 10.2. The van der Waals surface area contributed by atoms with Gasteiger partial charge in [-0.15, -0.1) is 0 Å².